The number of hydrogen-bond donors (Lipinski definition) is 2. The van der Waals surface area contributed by atoms with E-state index in [0.717, 1.165) is 41.7 Å². The van der Waals surface area contributed by atoms with Gasteiger partial charge in [0.15, 0.2) is 0 Å². The number of benzene rings is 1. The third-order valence-electron chi connectivity index (χ3n) is 4.43. The summed E-state index contributed by atoms with van der Waals surface area (Å²) >= 11 is 0. The average Bonchev–Trinajstić information content (AvgIpc) is 3.07. The lowest BCUT2D eigenvalue weighted by Crippen LogP contribution is -2.24. The number of nitrogens with one attached hydrogen (secondary N) is 2. The van der Waals surface area contributed by atoms with E-state index < -0.39 is 11.4 Å². The van der Waals surface area contributed by atoms with E-state index in [4.69, 9.17) is 9.26 Å². The van der Waals surface area contributed by atoms with Crippen LogP contribution in [-0.4, -0.2) is 19.9 Å². The van der Waals surface area contributed by atoms with E-state index in [1.165, 1.54) is 12.0 Å². The predicted molar refractivity (Wildman–Crippen MR) is 89.1 cm³/mol. The Morgan fingerprint density at radius 2 is 1.76 bits per heavy atom. The van der Waals surface area contributed by atoms with Crippen LogP contribution in [0.4, 0.5) is 0 Å². The number of H-pyrrole nitrogens is 2. The third-order valence-corrected chi connectivity index (χ3v) is 4.43. The molecule has 0 amide bonds. The highest BCUT2D eigenvalue weighted by atomic mass is 16.5. The summed E-state index contributed by atoms with van der Waals surface area (Å²) in [5.74, 6) is 1.62. The van der Waals surface area contributed by atoms with E-state index in [1.54, 1.807) is 24.3 Å². The van der Waals surface area contributed by atoms with Crippen LogP contribution in [0.15, 0.2) is 38.4 Å². The van der Waals surface area contributed by atoms with Crippen LogP contribution in [0.25, 0.3) is 5.69 Å². The molecule has 2 aromatic heterocycles. The van der Waals surface area contributed by atoms with E-state index in [9.17, 15) is 9.59 Å². The van der Waals surface area contributed by atoms with Crippen LogP contribution in [0, 0.1) is 0 Å². The molecule has 2 N–H and O–H groups in total. The van der Waals surface area contributed by atoms with Gasteiger partial charge in [-0.15, -0.1) is 0 Å². The lowest BCUT2D eigenvalue weighted by molar-refractivity contribution is 0.286. The van der Waals surface area contributed by atoms with Crippen LogP contribution in [0.5, 0.6) is 5.75 Å². The van der Waals surface area contributed by atoms with Crippen molar-refractivity contribution in [1.82, 2.24) is 19.9 Å². The Morgan fingerprint density at radius 1 is 1.04 bits per heavy atom. The van der Waals surface area contributed by atoms with Crippen LogP contribution in [0.2, 0.25) is 0 Å². The van der Waals surface area contributed by atoms with E-state index in [1.807, 2.05) is 0 Å². The number of hydrogen-bond acceptors (Lipinski definition) is 5. The Morgan fingerprint density at radius 3 is 2.52 bits per heavy atom. The smallest absolute Gasteiger partial charge is 0.348 e. The number of ether oxygens (including phenoxy) is 1. The van der Waals surface area contributed by atoms with Crippen LogP contribution < -0.4 is 16.1 Å². The van der Waals surface area contributed by atoms with Crippen LogP contribution >= 0.6 is 0 Å². The molecule has 25 heavy (non-hydrogen) atoms. The van der Waals surface area contributed by atoms with E-state index >= 15 is 0 Å². The molecule has 0 unspecified atom stereocenters. The zero-order valence-corrected chi connectivity index (χ0v) is 13.6. The summed E-state index contributed by atoms with van der Waals surface area (Å²) in [5, 5.41) is 8.64. The summed E-state index contributed by atoms with van der Waals surface area (Å²) in [7, 11) is 0. The van der Waals surface area contributed by atoms with Gasteiger partial charge in [-0.25, -0.2) is 24.4 Å². The van der Waals surface area contributed by atoms with E-state index in [0.29, 0.717) is 18.0 Å². The Labute approximate surface area is 142 Å². The molecule has 8 heteroatoms. The molecule has 1 aliphatic rings. The van der Waals surface area contributed by atoms with Gasteiger partial charge in [-0.2, -0.15) is 0 Å². The first-order chi connectivity index (χ1) is 12.2. The standard InChI is InChI=1S/C17H18N4O4/c22-16-18-19-17(23)21(16)11-6-8-12(9-7-11)24-10-14-13-4-2-1-3-5-15(13)25-20-14/h6-9H,1-5,10H2,(H,18,22)(H,19,23). The molecule has 1 aromatic carbocycles. The molecule has 0 fully saturated rings. The zero-order valence-electron chi connectivity index (χ0n) is 13.6. The molecular weight excluding hydrogens is 324 g/mol. The van der Waals surface area contributed by atoms with Gasteiger partial charge in [-0.05, 0) is 43.5 Å². The van der Waals surface area contributed by atoms with Crippen molar-refractivity contribution in [2.24, 2.45) is 0 Å². The minimum atomic E-state index is -0.510. The number of aryl methyl sites for hydroxylation is 1. The number of rotatable bonds is 4. The van der Waals surface area contributed by atoms with Gasteiger partial charge in [0.05, 0.1) is 5.69 Å². The second-order valence-corrected chi connectivity index (χ2v) is 6.07. The van der Waals surface area contributed by atoms with E-state index in [2.05, 4.69) is 15.4 Å². The minimum absolute atomic E-state index is 0.336. The van der Waals surface area contributed by atoms with Gasteiger partial charge in [0, 0.05) is 12.0 Å². The van der Waals surface area contributed by atoms with E-state index in [-0.39, 0.29) is 0 Å². The molecule has 2 heterocycles. The van der Waals surface area contributed by atoms with Gasteiger partial charge in [0.1, 0.15) is 23.8 Å². The molecule has 0 saturated heterocycles. The quantitative estimate of drug-likeness (QED) is 0.702. The van der Waals surface area contributed by atoms with Crippen molar-refractivity contribution < 1.29 is 9.26 Å². The largest absolute Gasteiger partial charge is 0.487 e. The highest BCUT2D eigenvalue weighted by Gasteiger charge is 2.18. The maximum atomic E-state index is 11.6. The van der Waals surface area contributed by atoms with Crippen LogP contribution in [0.1, 0.15) is 36.3 Å². The van der Waals surface area contributed by atoms with Gasteiger partial charge < -0.3 is 9.26 Å². The van der Waals surface area contributed by atoms with Crippen molar-refractivity contribution in [1.29, 1.82) is 0 Å². The van der Waals surface area contributed by atoms with Gasteiger partial charge in [0.2, 0.25) is 0 Å². The topological polar surface area (TPSA) is 106 Å². The number of fused-ring (bicyclic) bond motifs is 1. The summed E-state index contributed by atoms with van der Waals surface area (Å²) in [6, 6.07) is 6.74. The van der Waals surface area contributed by atoms with Crippen molar-refractivity contribution in [3.05, 3.63) is 62.3 Å². The first-order valence-electron chi connectivity index (χ1n) is 8.31. The summed E-state index contributed by atoms with van der Waals surface area (Å²) in [6.07, 6.45) is 5.42. The SMILES string of the molecule is O=c1[nH][nH]c(=O)n1-c1ccc(OCc2noc3c2CCCCC3)cc1. The molecule has 0 bridgehead atoms. The van der Waals surface area contributed by atoms with Gasteiger partial charge in [-0.3, -0.25) is 0 Å². The third kappa shape index (κ3) is 3.02. The molecule has 3 aromatic rings. The number of aromatic nitrogens is 4. The van der Waals surface area contributed by atoms with Gasteiger partial charge >= 0.3 is 11.4 Å². The molecule has 8 nitrogen and oxygen atoms in total. The molecule has 0 atom stereocenters. The predicted octanol–water partition coefficient (Wildman–Crippen LogP) is 1.69. The Hall–Kier alpha value is -3.03. The maximum Gasteiger partial charge on any atom is 0.348 e. The molecule has 130 valence electrons. The summed E-state index contributed by atoms with van der Waals surface area (Å²) < 4.78 is 12.2. The minimum Gasteiger partial charge on any atom is -0.487 e. The van der Waals surface area contributed by atoms with Gasteiger partial charge in [-0.1, -0.05) is 11.6 Å². The molecule has 0 radical (unpaired) electrons. The second kappa shape index (κ2) is 6.46. The first-order valence-corrected chi connectivity index (χ1v) is 8.31. The maximum absolute atomic E-state index is 11.6. The highest BCUT2D eigenvalue weighted by Crippen LogP contribution is 2.24. The molecule has 0 saturated carbocycles. The normalized spacial score (nSPS) is 14.1. The fraction of sp³-hybridized carbons (Fsp3) is 0.353. The van der Waals surface area contributed by atoms with Crippen molar-refractivity contribution in [3.63, 3.8) is 0 Å². The van der Waals surface area contributed by atoms with Crippen molar-refractivity contribution in [3.8, 4) is 11.4 Å². The first kappa shape index (κ1) is 15.5. The summed E-state index contributed by atoms with van der Waals surface area (Å²) in [4.78, 5) is 23.2. The molecule has 0 aliphatic heterocycles. The second-order valence-electron chi connectivity index (χ2n) is 6.07. The van der Waals surface area contributed by atoms with Crippen molar-refractivity contribution in [2.75, 3.05) is 0 Å². The Kier molecular flexibility index (Phi) is 4.01. The van der Waals surface area contributed by atoms with Crippen LogP contribution in [0.3, 0.4) is 0 Å². The molecule has 1 aliphatic carbocycles. The van der Waals surface area contributed by atoms with Crippen molar-refractivity contribution in [2.45, 2.75) is 38.7 Å². The lowest BCUT2D eigenvalue weighted by atomic mass is 10.1. The zero-order chi connectivity index (χ0) is 17.2. The number of nitrogens with zero attached hydrogens (tertiary/aromatic N) is 2. The monoisotopic (exact) mass is 342 g/mol. The fourth-order valence-corrected chi connectivity index (χ4v) is 3.13. The van der Waals surface area contributed by atoms with Gasteiger partial charge in [0.25, 0.3) is 0 Å². The number of aromatic amines is 2. The lowest BCUT2D eigenvalue weighted by Gasteiger charge is -2.06. The Bertz CT molecular complexity index is 950. The van der Waals surface area contributed by atoms with Crippen molar-refractivity contribution >= 4 is 0 Å². The summed E-state index contributed by atoms with van der Waals surface area (Å²) in [6.45, 7) is 0.336. The van der Waals surface area contributed by atoms with Crippen LogP contribution in [-0.2, 0) is 19.4 Å². The fourth-order valence-electron chi connectivity index (χ4n) is 3.13. The highest BCUT2D eigenvalue weighted by molar-refractivity contribution is 5.37. The average molecular weight is 342 g/mol. The molecule has 4 rings (SSSR count). The molecule has 0 spiro atoms. The Balaban J connectivity index is 1.48. The molecular formula is C17H18N4O4. The summed E-state index contributed by atoms with van der Waals surface area (Å²) in [5.41, 5.74) is 1.47.